The SMILES string of the molecule is COc1ccc(C(=O)Nc2nnc(-c3cccc(S(C)(=O)=O)c3)o2)cc1OC. The van der Waals surface area contributed by atoms with Gasteiger partial charge in [-0.15, -0.1) is 5.10 Å². The number of carbonyl (C=O) groups is 1. The maximum atomic E-state index is 12.4. The first-order chi connectivity index (χ1) is 13.3. The first-order valence-electron chi connectivity index (χ1n) is 7.99. The zero-order valence-electron chi connectivity index (χ0n) is 15.3. The standard InChI is InChI=1S/C18H17N3O6S/c1-25-14-8-7-11(10-15(14)26-2)16(22)19-18-21-20-17(27-18)12-5-4-6-13(9-12)28(3,23)24/h4-10H,1-3H3,(H,19,21,22). The van der Waals surface area contributed by atoms with Gasteiger partial charge in [-0.1, -0.05) is 11.2 Å². The van der Waals surface area contributed by atoms with Gasteiger partial charge >= 0.3 is 6.01 Å². The molecule has 0 fully saturated rings. The normalized spacial score (nSPS) is 11.1. The molecule has 1 amide bonds. The Labute approximate surface area is 161 Å². The van der Waals surface area contributed by atoms with E-state index < -0.39 is 15.7 Å². The lowest BCUT2D eigenvalue weighted by Crippen LogP contribution is -2.12. The van der Waals surface area contributed by atoms with Gasteiger partial charge in [0.1, 0.15) is 0 Å². The van der Waals surface area contributed by atoms with E-state index in [1.807, 2.05) is 0 Å². The smallest absolute Gasteiger partial charge is 0.322 e. The molecule has 10 heteroatoms. The van der Waals surface area contributed by atoms with E-state index in [9.17, 15) is 13.2 Å². The molecule has 0 bridgehead atoms. The number of nitrogens with zero attached hydrogens (tertiary/aromatic N) is 2. The van der Waals surface area contributed by atoms with Crippen LogP contribution in [0.15, 0.2) is 51.8 Å². The third kappa shape index (κ3) is 4.12. The molecule has 0 saturated carbocycles. The van der Waals surface area contributed by atoms with Crippen molar-refractivity contribution in [2.24, 2.45) is 0 Å². The number of nitrogens with one attached hydrogen (secondary N) is 1. The molecule has 3 aromatic rings. The van der Waals surface area contributed by atoms with Crippen LogP contribution in [0.4, 0.5) is 6.01 Å². The van der Waals surface area contributed by atoms with Gasteiger partial charge in [-0.05, 0) is 36.4 Å². The summed E-state index contributed by atoms with van der Waals surface area (Å²) in [5.41, 5.74) is 0.721. The molecule has 1 heterocycles. The van der Waals surface area contributed by atoms with Crippen molar-refractivity contribution in [1.82, 2.24) is 10.2 Å². The summed E-state index contributed by atoms with van der Waals surface area (Å²) in [5, 5.41) is 10.1. The summed E-state index contributed by atoms with van der Waals surface area (Å²) >= 11 is 0. The number of ether oxygens (including phenoxy) is 2. The fourth-order valence-electron chi connectivity index (χ4n) is 2.40. The molecule has 0 aliphatic rings. The molecule has 0 unspecified atom stereocenters. The van der Waals surface area contributed by atoms with Crippen molar-refractivity contribution >= 4 is 21.8 Å². The number of hydrogen-bond acceptors (Lipinski definition) is 8. The summed E-state index contributed by atoms with van der Waals surface area (Å²) in [6.07, 6.45) is 1.11. The van der Waals surface area contributed by atoms with E-state index >= 15 is 0 Å². The first-order valence-corrected chi connectivity index (χ1v) is 9.88. The van der Waals surface area contributed by atoms with Crippen LogP contribution in [-0.2, 0) is 9.84 Å². The molecule has 0 spiro atoms. The van der Waals surface area contributed by atoms with Gasteiger partial charge in [0.15, 0.2) is 21.3 Å². The van der Waals surface area contributed by atoms with Crippen LogP contribution in [-0.4, -0.2) is 45.0 Å². The van der Waals surface area contributed by atoms with Gasteiger partial charge in [0, 0.05) is 17.4 Å². The molecule has 1 N–H and O–H groups in total. The molecule has 0 radical (unpaired) electrons. The van der Waals surface area contributed by atoms with Crippen LogP contribution in [0.1, 0.15) is 10.4 Å². The highest BCUT2D eigenvalue weighted by molar-refractivity contribution is 7.90. The minimum Gasteiger partial charge on any atom is -0.493 e. The van der Waals surface area contributed by atoms with Crippen LogP contribution >= 0.6 is 0 Å². The summed E-state index contributed by atoms with van der Waals surface area (Å²) in [7, 11) is -0.413. The van der Waals surface area contributed by atoms with Crippen LogP contribution in [0.3, 0.4) is 0 Å². The van der Waals surface area contributed by atoms with Crippen LogP contribution < -0.4 is 14.8 Å². The number of rotatable bonds is 6. The Hall–Kier alpha value is -3.40. The second-order valence-electron chi connectivity index (χ2n) is 5.74. The molecule has 0 aliphatic heterocycles. The number of methoxy groups -OCH3 is 2. The summed E-state index contributed by atoms with van der Waals surface area (Å²) in [6, 6.07) is 10.6. The van der Waals surface area contributed by atoms with Gasteiger partial charge < -0.3 is 13.9 Å². The van der Waals surface area contributed by atoms with E-state index in [0.717, 1.165) is 6.26 Å². The maximum Gasteiger partial charge on any atom is 0.322 e. The van der Waals surface area contributed by atoms with E-state index in [-0.39, 0.29) is 16.8 Å². The number of aromatic nitrogens is 2. The molecule has 146 valence electrons. The molecule has 9 nitrogen and oxygen atoms in total. The Morgan fingerprint density at radius 2 is 1.79 bits per heavy atom. The molecular formula is C18H17N3O6S. The summed E-state index contributed by atoms with van der Waals surface area (Å²) in [6.45, 7) is 0. The van der Waals surface area contributed by atoms with Crippen LogP contribution in [0.5, 0.6) is 11.5 Å². The van der Waals surface area contributed by atoms with Crippen molar-refractivity contribution in [1.29, 1.82) is 0 Å². The van der Waals surface area contributed by atoms with Crippen molar-refractivity contribution in [2.45, 2.75) is 4.90 Å². The fraction of sp³-hybridized carbons (Fsp3) is 0.167. The molecule has 2 aromatic carbocycles. The summed E-state index contributed by atoms with van der Waals surface area (Å²) < 4.78 is 39.1. The van der Waals surface area contributed by atoms with Gasteiger partial charge in [-0.25, -0.2) is 8.42 Å². The van der Waals surface area contributed by atoms with Gasteiger partial charge in [-0.3, -0.25) is 10.1 Å². The van der Waals surface area contributed by atoms with Crippen molar-refractivity contribution in [3.05, 3.63) is 48.0 Å². The number of amides is 1. The average molecular weight is 403 g/mol. The first kappa shape index (κ1) is 19.4. The molecule has 0 saturated heterocycles. The van der Waals surface area contributed by atoms with E-state index in [0.29, 0.717) is 22.6 Å². The highest BCUT2D eigenvalue weighted by Gasteiger charge is 2.16. The minimum atomic E-state index is -3.38. The van der Waals surface area contributed by atoms with E-state index in [4.69, 9.17) is 13.9 Å². The Balaban J connectivity index is 1.81. The molecule has 0 atom stereocenters. The van der Waals surface area contributed by atoms with Crippen molar-refractivity contribution < 1.29 is 27.1 Å². The second-order valence-corrected chi connectivity index (χ2v) is 7.75. The molecular weight excluding hydrogens is 386 g/mol. The predicted molar refractivity (Wildman–Crippen MR) is 100 cm³/mol. The number of anilines is 1. The Kier molecular flexibility index (Phi) is 5.32. The van der Waals surface area contributed by atoms with Crippen molar-refractivity contribution in [3.63, 3.8) is 0 Å². The predicted octanol–water partition coefficient (Wildman–Crippen LogP) is 2.41. The van der Waals surface area contributed by atoms with Gasteiger partial charge in [-0.2, -0.15) is 0 Å². The number of hydrogen-bond donors (Lipinski definition) is 1. The van der Waals surface area contributed by atoms with Crippen LogP contribution in [0, 0.1) is 0 Å². The quantitative estimate of drug-likeness (QED) is 0.666. The monoisotopic (exact) mass is 403 g/mol. The zero-order valence-corrected chi connectivity index (χ0v) is 16.1. The van der Waals surface area contributed by atoms with Crippen LogP contribution in [0.25, 0.3) is 11.5 Å². The molecule has 1 aromatic heterocycles. The molecule has 0 aliphatic carbocycles. The summed E-state index contributed by atoms with van der Waals surface area (Å²) in [5.74, 6) is 0.484. The largest absolute Gasteiger partial charge is 0.493 e. The number of benzene rings is 2. The highest BCUT2D eigenvalue weighted by Crippen LogP contribution is 2.28. The second kappa shape index (κ2) is 7.69. The van der Waals surface area contributed by atoms with E-state index in [2.05, 4.69) is 15.5 Å². The molecule has 28 heavy (non-hydrogen) atoms. The lowest BCUT2D eigenvalue weighted by atomic mass is 10.2. The van der Waals surface area contributed by atoms with Gasteiger partial charge in [0.2, 0.25) is 5.89 Å². The molecule has 3 rings (SSSR count). The van der Waals surface area contributed by atoms with Crippen molar-refractivity contribution in [3.8, 4) is 23.0 Å². The Morgan fingerprint density at radius 3 is 2.46 bits per heavy atom. The van der Waals surface area contributed by atoms with Gasteiger partial charge in [0.05, 0.1) is 19.1 Å². The van der Waals surface area contributed by atoms with Crippen LogP contribution in [0.2, 0.25) is 0 Å². The van der Waals surface area contributed by atoms with Gasteiger partial charge in [0.25, 0.3) is 5.91 Å². The Bertz CT molecular complexity index is 1120. The summed E-state index contributed by atoms with van der Waals surface area (Å²) in [4.78, 5) is 12.5. The third-order valence-electron chi connectivity index (χ3n) is 3.80. The third-order valence-corrected chi connectivity index (χ3v) is 4.91. The van der Waals surface area contributed by atoms with Crippen molar-refractivity contribution in [2.75, 3.05) is 25.8 Å². The average Bonchev–Trinajstić information content (AvgIpc) is 3.15. The maximum absolute atomic E-state index is 12.4. The number of carbonyl (C=O) groups excluding carboxylic acids is 1. The Morgan fingerprint density at radius 1 is 1.04 bits per heavy atom. The zero-order chi connectivity index (χ0) is 20.3. The van der Waals surface area contributed by atoms with E-state index in [1.54, 1.807) is 24.3 Å². The topological polar surface area (TPSA) is 121 Å². The lowest BCUT2D eigenvalue weighted by Gasteiger charge is -2.08. The van der Waals surface area contributed by atoms with E-state index in [1.165, 1.54) is 32.4 Å². The fourth-order valence-corrected chi connectivity index (χ4v) is 3.06. The minimum absolute atomic E-state index is 0.0770. The lowest BCUT2D eigenvalue weighted by molar-refractivity contribution is 0.102. The number of sulfone groups is 1. The highest BCUT2D eigenvalue weighted by atomic mass is 32.2.